The monoisotopic (exact) mass is 335 g/mol. The lowest BCUT2D eigenvalue weighted by atomic mass is 10.1. The number of esters is 1. The minimum atomic E-state index is -0.153. The van der Waals surface area contributed by atoms with Crippen molar-refractivity contribution >= 4 is 11.9 Å². The summed E-state index contributed by atoms with van der Waals surface area (Å²) in [5.74, 6) is 0.359. The number of carbonyl (C=O) groups excluding carboxylic acids is 2. The van der Waals surface area contributed by atoms with Crippen molar-refractivity contribution in [1.82, 2.24) is 5.32 Å². The van der Waals surface area contributed by atoms with Crippen molar-refractivity contribution in [2.24, 2.45) is 0 Å². The van der Waals surface area contributed by atoms with Crippen LogP contribution in [0.3, 0.4) is 0 Å². The molecule has 0 saturated heterocycles. The number of carbonyl (C=O) groups is 2. The zero-order chi connectivity index (χ0) is 17.6. The minimum Gasteiger partial charge on any atom is -0.493 e. The van der Waals surface area contributed by atoms with Gasteiger partial charge in [-0.3, -0.25) is 9.59 Å². The SMILES string of the molecule is CCCCOc1ccccc1C(=O)NCCCCCC(=O)OCC. The third kappa shape index (κ3) is 7.99. The van der Waals surface area contributed by atoms with Crippen molar-refractivity contribution in [2.45, 2.75) is 52.4 Å². The molecule has 0 atom stereocenters. The van der Waals surface area contributed by atoms with Crippen molar-refractivity contribution < 1.29 is 19.1 Å². The Kier molecular flexibility index (Phi) is 10.3. The zero-order valence-corrected chi connectivity index (χ0v) is 14.8. The average Bonchev–Trinajstić information content (AvgIpc) is 2.58. The van der Waals surface area contributed by atoms with Crippen LogP contribution in [0.2, 0.25) is 0 Å². The Morgan fingerprint density at radius 1 is 1.04 bits per heavy atom. The van der Waals surface area contributed by atoms with Gasteiger partial charge in [0.25, 0.3) is 5.91 Å². The fourth-order valence-corrected chi connectivity index (χ4v) is 2.21. The van der Waals surface area contributed by atoms with Crippen LogP contribution in [0.25, 0.3) is 0 Å². The minimum absolute atomic E-state index is 0.118. The molecular formula is C19H29NO4. The standard InChI is InChI=1S/C19H29NO4/c1-3-5-15-24-17-12-9-8-11-16(17)19(22)20-14-10-6-7-13-18(21)23-4-2/h8-9,11-12H,3-7,10,13-15H2,1-2H3,(H,20,22). The van der Waals surface area contributed by atoms with E-state index < -0.39 is 0 Å². The van der Waals surface area contributed by atoms with E-state index >= 15 is 0 Å². The zero-order valence-electron chi connectivity index (χ0n) is 14.8. The number of amides is 1. The Morgan fingerprint density at radius 3 is 2.58 bits per heavy atom. The second kappa shape index (κ2) is 12.4. The molecule has 0 aliphatic carbocycles. The van der Waals surface area contributed by atoms with Crippen molar-refractivity contribution in [3.63, 3.8) is 0 Å². The molecule has 0 aliphatic rings. The number of nitrogens with one attached hydrogen (secondary N) is 1. The van der Waals surface area contributed by atoms with E-state index in [1.54, 1.807) is 13.0 Å². The van der Waals surface area contributed by atoms with Gasteiger partial charge in [0.15, 0.2) is 0 Å². The lowest BCUT2D eigenvalue weighted by Gasteiger charge is -2.11. The summed E-state index contributed by atoms with van der Waals surface area (Å²) in [5.41, 5.74) is 0.570. The van der Waals surface area contributed by atoms with Crippen LogP contribution in [0.1, 0.15) is 62.7 Å². The maximum atomic E-state index is 12.3. The summed E-state index contributed by atoms with van der Waals surface area (Å²) in [7, 11) is 0. The fourth-order valence-electron chi connectivity index (χ4n) is 2.21. The molecule has 0 radical (unpaired) electrons. The number of para-hydroxylation sites is 1. The van der Waals surface area contributed by atoms with Crippen LogP contribution in [-0.2, 0) is 9.53 Å². The quantitative estimate of drug-likeness (QED) is 0.467. The molecule has 1 aromatic carbocycles. The van der Waals surface area contributed by atoms with Gasteiger partial charge in [0, 0.05) is 13.0 Å². The Morgan fingerprint density at radius 2 is 1.83 bits per heavy atom. The van der Waals surface area contributed by atoms with Gasteiger partial charge in [-0.05, 0) is 38.3 Å². The highest BCUT2D eigenvalue weighted by Crippen LogP contribution is 2.18. The van der Waals surface area contributed by atoms with Crippen LogP contribution >= 0.6 is 0 Å². The molecule has 1 aromatic rings. The summed E-state index contributed by atoms with van der Waals surface area (Å²) in [6.07, 6.45) is 4.97. The van der Waals surface area contributed by atoms with E-state index in [4.69, 9.17) is 9.47 Å². The van der Waals surface area contributed by atoms with Crippen LogP contribution in [0.4, 0.5) is 0 Å². The van der Waals surface area contributed by atoms with Crippen LogP contribution in [0.15, 0.2) is 24.3 Å². The van der Waals surface area contributed by atoms with Gasteiger partial charge in [0.1, 0.15) is 5.75 Å². The lowest BCUT2D eigenvalue weighted by molar-refractivity contribution is -0.143. The van der Waals surface area contributed by atoms with E-state index in [2.05, 4.69) is 12.2 Å². The molecule has 0 spiro atoms. The van der Waals surface area contributed by atoms with Gasteiger partial charge in [-0.25, -0.2) is 0 Å². The smallest absolute Gasteiger partial charge is 0.305 e. The summed E-state index contributed by atoms with van der Waals surface area (Å²) in [6.45, 7) is 5.54. The largest absolute Gasteiger partial charge is 0.493 e. The van der Waals surface area contributed by atoms with Crippen molar-refractivity contribution in [3.05, 3.63) is 29.8 Å². The van der Waals surface area contributed by atoms with Gasteiger partial charge >= 0.3 is 5.97 Å². The molecule has 0 heterocycles. The molecule has 0 saturated carbocycles. The molecule has 1 rings (SSSR count). The second-order valence-corrected chi connectivity index (χ2v) is 5.57. The van der Waals surface area contributed by atoms with Gasteiger partial charge in [-0.2, -0.15) is 0 Å². The van der Waals surface area contributed by atoms with Crippen LogP contribution in [-0.4, -0.2) is 31.6 Å². The molecule has 0 unspecified atom stereocenters. The van der Waals surface area contributed by atoms with Crippen LogP contribution in [0, 0.1) is 0 Å². The molecule has 1 N–H and O–H groups in total. The van der Waals surface area contributed by atoms with E-state index in [1.165, 1.54) is 0 Å². The predicted molar refractivity (Wildman–Crippen MR) is 94.3 cm³/mol. The van der Waals surface area contributed by atoms with Gasteiger partial charge < -0.3 is 14.8 Å². The van der Waals surface area contributed by atoms with Crippen LogP contribution < -0.4 is 10.1 Å². The number of hydrogen-bond donors (Lipinski definition) is 1. The Hall–Kier alpha value is -2.04. The van der Waals surface area contributed by atoms with Gasteiger partial charge in [-0.1, -0.05) is 31.9 Å². The molecule has 5 heteroatoms. The topological polar surface area (TPSA) is 64.6 Å². The predicted octanol–water partition coefficient (Wildman–Crippen LogP) is 3.72. The van der Waals surface area contributed by atoms with Gasteiger partial charge in [0.05, 0.1) is 18.8 Å². The van der Waals surface area contributed by atoms with Gasteiger partial charge in [-0.15, -0.1) is 0 Å². The van der Waals surface area contributed by atoms with Crippen molar-refractivity contribution in [3.8, 4) is 5.75 Å². The highest BCUT2D eigenvalue weighted by molar-refractivity contribution is 5.96. The Labute approximate surface area is 144 Å². The molecular weight excluding hydrogens is 306 g/mol. The summed E-state index contributed by atoms with van der Waals surface area (Å²) >= 11 is 0. The van der Waals surface area contributed by atoms with E-state index in [0.717, 1.165) is 32.1 Å². The third-order valence-electron chi connectivity index (χ3n) is 3.54. The molecule has 134 valence electrons. The average molecular weight is 335 g/mol. The third-order valence-corrected chi connectivity index (χ3v) is 3.54. The summed E-state index contributed by atoms with van der Waals surface area (Å²) in [5, 5.41) is 2.91. The van der Waals surface area contributed by atoms with Crippen LogP contribution in [0.5, 0.6) is 5.75 Å². The number of hydrogen-bond acceptors (Lipinski definition) is 4. The number of rotatable bonds is 12. The van der Waals surface area contributed by atoms with Gasteiger partial charge in [0.2, 0.25) is 0 Å². The molecule has 24 heavy (non-hydrogen) atoms. The summed E-state index contributed by atoms with van der Waals surface area (Å²) < 4.78 is 10.6. The lowest BCUT2D eigenvalue weighted by Crippen LogP contribution is -2.25. The first-order valence-electron chi connectivity index (χ1n) is 8.84. The van der Waals surface area contributed by atoms with Crippen molar-refractivity contribution in [2.75, 3.05) is 19.8 Å². The number of unbranched alkanes of at least 4 members (excludes halogenated alkanes) is 3. The highest BCUT2D eigenvalue weighted by Gasteiger charge is 2.11. The number of benzene rings is 1. The first-order valence-corrected chi connectivity index (χ1v) is 8.84. The highest BCUT2D eigenvalue weighted by atomic mass is 16.5. The first kappa shape index (κ1) is 20.0. The molecule has 0 fully saturated rings. The summed E-state index contributed by atoms with van der Waals surface area (Å²) in [4.78, 5) is 23.5. The Balaban J connectivity index is 2.29. The molecule has 0 aliphatic heterocycles. The molecule has 0 aromatic heterocycles. The summed E-state index contributed by atoms with van der Waals surface area (Å²) in [6, 6.07) is 7.30. The second-order valence-electron chi connectivity index (χ2n) is 5.57. The first-order chi connectivity index (χ1) is 11.7. The molecule has 0 bridgehead atoms. The normalized spacial score (nSPS) is 10.2. The Bertz CT molecular complexity index is 502. The van der Waals surface area contributed by atoms with E-state index in [-0.39, 0.29) is 11.9 Å². The fraction of sp³-hybridized carbons (Fsp3) is 0.579. The number of ether oxygens (including phenoxy) is 2. The van der Waals surface area contributed by atoms with E-state index in [1.807, 2.05) is 18.2 Å². The van der Waals surface area contributed by atoms with Crippen molar-refractivity contribution in [1.29, 1.82) is 0 Å². The van der Waals surface area contributed by atoms with E-state index in [0.29, 0.717) is 37.5 Å². The maximum Gasteiger partial charge on any atom is 0.305 e. The maximum absolute atomic E-state index is 12.3. The molecule has 1 amide bonds. The van der Waals surface area contributed by atoms with E-state index in [9.17, 15) is 9.59 Å². The molecule has 5 nitrogen and oxygen atoms in total.